The molecule has 2 rings (SSSR count). The number of rotatable bonds is 4. The lowest BCUT2D eigenvalue weighted by atomic mass is 10.3. The van der Waals surface area contributed by atoms with Crippen LogP contribution in [0.5, 0.6) is 0 Å². The monoisotopic (exact) mass is 228 g/mol. The minimum absolute atomic E-state index is 0.194. The molecular formula is C10H16N2O2S. The Morgan fingerprint density at radius 2 is 2.53 bits per heavy atom. The molecule has 5 heteroatoms. The number of hydrogen-bond donors (Lipinski definition) is 1. The minimum atomic E-state index is 0.194. The lowest BCUT2D eigenvalue weighted by Crippen LogP contribution is -2.37. The zero-order chi connectivity index (χ0) is 10.5. The summed E-state index contributed by atoms with van der Waals surface area (Å²) in [6.07, 6.45) is 0.194. The molecule has 1 aliphatic heterocycles. The maximum absolute atomic E-state index is 5.52. The molecule has 1 aromatic rings. The molecule has 0 saturated carbocycles. The molecule has 84 valence electrons. The van der Waals surface area contributed by atoms with Crippen LogP contribution in [0.2, 0.25) is 0 Å². The van der Waals surface area contributed by atoms with Gasteiger partial charge in [0.05, 0.1) is 25.9 Å². The lowest BCUT2D eigenvalue weighted by molar-refractivity contribution is -0.0864. The van der Waals surface area contributed by atoms with Crippen molar-refractivity contribution in [3.63, 3.8) is 0 Å². The quantitative estimate of drug-likeness (QED) is 0.833. The van der Waals surface area contributed by atoms with Crippen LogP contribution in [-0.4, -0.2) is 37.5 Å². The van der Waals surface area contributed by atoms with E-state index in [1.165, 1.54) is 0 Å². The van der Waals surface area contributed by atoms with Crippen LogP contribution in [-0.2, 0) is 16.0 Å². The van der Waals surface area contributed by atoms with Gasteiger partial charge in [-0.25, -0.2) is 4.98 Å². The van der Waals surface area contributed by atoms with E-state index in [2.05, 4.69) is 15.7 Å². The van der Waals surface area contributed by atoms with Crippen LogP contribution >= 0.6 is 11.3 Å². The van der Waals surface area contributed by atoms with Gasteiger partial charge in [0.15, 0.2) is 0 Å². The molecule has 4 nitrogen and oxygen atoms in total. The van der Waals surface area contributed by atoms with Crippen LogP contribution in [0, 0.1) is 6.92 Å². The summed E-state index contributed by atoms with van der Waals surface area (Å²) >= 11 is 1.69. The van der Waals surface area contributed by atoms with Gasteiger partial charge in [0.2, 0.25) is 0 Å². The topological polar surface area (TPSA) is 43.4 Å². The zero-order valence-electron chi connectivity index (χ0n) is 8.86. The average molecular weight is 228 g/mol. The lowest BCUT2D eigenvalue weighted by Gasteiger charge is -2.22. The Morgan fingerprint density at radius 1 is 1.60 bits per heavy atom. The molecule has 1 aromatic heterocycles. The summed E-state index contributed by atoms with van der Waals surface area (Å²) in [6.45, 7) is 5.80. The third-order valence-electron chi connectivity index (χ3n) is 2.20. The summed E-state index contributed by atoms with van der Waals surface area (Å²) in [5, 5.41) is 6.52. The summed E-state index contributed by atoms with van der Waals surface area (Å²) in [5.41, 5.74) is 1.09. The predicted molar refractivity (Wildman–Crippen MR) is 59.1 cm³/mol. The summed E-state index contributed by atoms with van der Waals surface area (Å²) in [7, 11) is 0. The van der Waals surface area contributed by atoms with E-state index in [-0.39, 0.29) is 6.10 Å². The highest BCUT2D eigenvalue weighted by molar-refractivity contribution is 7.09. The molecule has 15 heavy (non-hydrogen) atoms. The Morgan fingerprint density at radius 3 is 3.20 bits per heavy atom. The molecular weight excluding hydrogens is 212 g/mol. The van der Waals surface area contributed by atoms with Crippen molar-refractivity contribution < 1.29 is 9.47 Å². The van der Waals surface area contributed by atoms with E-state index < -0.39 is 0 Å². The van der Waals surface area contributed by atoms with E-state index in [1.807, 2.05) is 6.92 Å². The minimum Gasteiger partial charge on any atom is -0.376 e. The largest absolute Gasteiger partial charge is 0.376 e. The van der Waals surface area contributed by atoms with Crippen molar-refractivity contribution >= 4 is 11.3 Å². The Bertz CT molecular complexity index is 297. The van der Waals surface area contributed by atoms with Gasteiger partial charge in [-0.15, -0.1) is 11.3 Å². The fourth-order valence-corrected chi connectivity index (χ4v) is 2.22. The molecule has 1 N–H and O–H groups in total. The van der Waals surface area contributed by atoms with Crippen molar-refractivity contribution in [2.24, 2.45) is 0 Å². The van der Waals surface area contributed by atoms with Gasteiger partial charge in [-0.2, -0.15) is 0 Å². The van der Waals surface area contributed by atoms with Gasteiger partial charge in [0.1, 0.15) is 5.01 Å². The molecule has 0 spiro atoms. The molecule has 1 saturated heterocycles. The first-order valence-electron chi connectivity index (χ1n) is 5.15. The summed E-state index contributed by atoms with van der Waals surface area (Å²) in [5.74, 6) is 0. The van der Waals surface area contributed by atoms with Crippen molar-refractivity contribution in [1.82, 2.24) is 10.3 Å². The first-order valence-corrected chi connectivity index (χ1v) is 6.03. The molecule has 0 amide bonds. The SMILES string of the molecule is Cc1csc(CNCC2COCCO2)n1. The van der Waals surface area contributed by atoms with E-state index in [0.29, 0.717) is 13.2 Å². The molecule has 1 fully saturated rings. The van der Waals surface area contributed by atoms with Gasteiger partial charge >= 0.3 is 0 Å². The van der Waals surface area contributed by atoms with Crippen molar-refractivity contribution in [1.29, 1.82) is 0 Å². The van der Waals surface area contributed by atoms with Crippen molar-refractivity contribution in [3.05, 3.63) is 16.1 Å². The predicted octanol–water partition coefficient (Wildman–Crippen LogP) is 0.957. The number of ether oxygens (including phenoxy) is 2. The summed E-state index contributed by atoms with van der Waals surface area (Å²) in [6, 6.07) is 0. The first kappa shape index (κ1) is 11.0. The second-order valence-electron chi connectivity index (χ2n) is 3.58. The molecule has 0 radical (unpaired) electrons. The summed E-state index contributed by atoms with van der Waals surface area (Å²) in [4.78, 5) is 4.38. The molecule has 1 unspecified atom stereocenters. The fraction of sp³-hybridized carbons (Fsp3) is 0.700. The standard InChI is InChI=1S/C10H16N2O2S/c1-8-7-15-10(12-8)5-11-4-9-6-13-2-3-14-9/h7,9,11H,2-6H2,1H3. The van der Waals surface area contributed by atoms with Gasteiger partial charge in [0, 0.05) is 24.2 Å². The normalized spacial score (nSPS) is 21.8. The van der Waals surface area contributed by atoms with Crippen LogP contribution in [0.25, 0.3) is 0 Å². The molecule has 1 aliphatic rings. The van der Waals surface area contributed by atoms with Crippen molar-refractivity contribution in [3.8, 4) is 0 Å². The van der Waals surface area contributed by atoms with E-state index in [4.69, 9.17) is 9.47 Å². The number of aryl methyl sites for hydroxylation is 1. The number of hydrogen-bond acceptors (Lipinski definition) is 5. The smallest absolute Gasteiger partial charge is 0.107 e. The van der Waals surface area contributed by atoms with Gasteiger partial charge in [-0.3, -0.25) is 0 Å². The average Bonchev–Trinajstić information content (AvgIpc) is 2.66. The summed E-state index contributed by atoms with van der Waals surface area (Å²) < 4.78 is 10.8. The second-order valence-corrected chi connectivity index (χ2v) is 4.52. The van der Waals surface area contributed by atoms with Crippen molar-refractivity contribution in [2.75, 3.05) is 26.4 Å². The van der Waals surface area contributed by atoms with Gasteiger partial charge in [0.25, 0.3) is 0 Å². The van der Waals surface area contributed by atoms with Crippen LogP contribution in [0.15, 0.2) is 5.38 Å². The molecule has 0 bridgehead atoms. The second kappa shape index (κ2) is 5.55. The van der Waals surface area contributed by atoms with E-state index in [0.717, 1.165) is 30.4 Å². The molecule has 1 atom stereocenters. The van der Waals surface area contributed by atoms with E-state index in [9.17, 15) is 0 Å². The first-order chi connectivity index (χ1) is 7.34. The third kappa shape index (κ3) is 3.53. The van der Waals surface area contributed by atoms with Crippen molar-refractivity contribution in [2.45, 2.75) is 19.6 Å². The Hall–Kier alpha value is -0.490. The van der Waals surface area contributed by atoms with Crippen LogP contribution in [0.4, 0.5) is 0 Å². The maximum atomic E-state index is 5.52. The maximum Gasteiger partial charge on any atom is 0.107 e. The zero-order valence-corrected chi connectivity index (χ0v) is 9.68. The van der Waals surface area contributed by atoms with Crippen LogP contribution in [0.3, 0.4) is 0 Å². The Kier molecular flexibility index (Phi) is 4.08. The number of thiazole rings is 1. The number of nitrogens with zero attached hydrogens (tertiary/aromatic N) is 1. The highest BCUT2D eigenvalue weighted by atomic mass is 32.1. The fourth-order valence-electron chi connectivity index (χ4n) is 1.48. The number of aromatic nitrogens is 1. The van der Waals surface area contributed by atoms with Crippen LogP contribution < -0.4 is 5.32 Å². The molecule has 2 heterocycles. The van der Waals surface area contributed by atoms with Gasteiger partial charge in [-0.05, 0) is 6.92 Å². The van der Waals surface area contributed by atoms with E-state index in [1.54, 1.807) is 11.3 Å². The Labute approximate surface area is 93.6 Å². The highest BCUT2D eigenvalue weighted by Crippen LogP contribution is 2.08. The molecule has 0 aliphatic carbocycles. The van der Waals surface area contributed by atoms with Gasteiger partial charge in [-0.1, -0.05) is 0 Å². The molecule has 0 aromatic carbocycles. The number of nitrogens with one attached hydrogen (secondary N) is 1. The third-order valence-corrected chi connectivity index (χ3v) is 3.17. The van der Waals surface area contributed by atoms with E-state index >= 15 is 0 Å². The van der Waals surface area contributed by atoms with Gasteiger partial charge < -0.3 is 14.8 Å². The Balaban J connectivity index is 1.65. The highest BCUT2D eigenvalue weighted by Gasteiger charge is 2.13. The van der Waals surface area contributed by atoms with Crippen LogP contribution in [0.1, 0.15) is 10.7 Å².